The molecule has 0 N–H and O–H groups in total. The van der Waals surface area contributed by atoms with Crippen molar-refractivity contribution in [3.63, 3.8) is 0 Å². The predicted molar refractivity (Wildman–Crippen MR) is 88.3 cm³/mol. The van der Waals surface area contributed by atoms with Gasteiger partial charge in [0.2, 0.25) is 0 Å². The van der Waals surface area contributed by atoms with E-state index in [9.17, 15) is 9.18 Å². The van der Waals surface area contributed by atoms with Crippen molar-refractivity contribution in [3.8, 4) is 6.07 Å². The van der Waals surface area contributed by atoms with Gasteiger partial charge in [-0.3, -0.25) is 4.68 Å². The highest BCUT2D eigenvalue weighted by atomic mass is 32.1. The van der Waals surface area contributed by atoms with Crippen molar-refractivity contribution >= 4 is 27.5 Å². The molecule has 0 spiro atoms. The van der Waals surface area contributed by atoms with E-state index in [0.29, 0.717) is 11.4 Å². The van der Waals surface area contributed by atoms with E-state index >= 15 is 0 Å². The lowest BCUT2D eigenvalue weighted by molar-refractivity contribution is 0.0441. The van der Waals surface area contributed by atoms with Gasteiger partial charge in [-0.1, -0.05) is 12.1 Å². The predicted octanol–water partition coefficient (Wildman–Crippen LogP) is 3.66. The Balaban J connectivity index is 1.91. The molecule has 1 aromatic carbocycles. The van der Waals surface area contributed by atoms with Gasteiger partial charge in [0.15, 0.2) is 6.10 Å². The van der Waals surface area contributed by atoms with E-state index in [0.717, 1.165) is 21.5 Å². The van der Waals surface area contributed by atoms with E-state index in [1.807, 2.05) is 13.0 Å². The first kappa shape index (κ1) is 16.1. The SMILES string of the molecule is Cc1nn(Cc2ccc(F)cc2)c2sc(C(=O)O[C@H](C)C#N)cc12. The Bertz CT molecular complexity index is 937. The Morgan fingerprint density at radius 2 is 2.17 bits per heavy atom. The van der Waals surface area contributed by atoms with Crippen LogP contribution in [-0.2, 0) is 11.3 Å². The summed E-state index contributed by atoms with van der Waals surface area (Å²) >= 11 is 1.27. The lowest BCUT2D eigenvalue weighted by Crippen LogP contribution is -2.11. The first-order chi connectivity index (χ1) is 11.5. The molecule has 3 aromatic rings. The molecule has 0 amide bonds. The molecule has 122 valence electrons. The lowest BCUT2D eigenvalue weighted by atomic mass is 10.2. The van der Waals surface area contributed by atoms with Crippen LogP contribution in [-0.4, -0.2) is 21.9 Å². The van der Waals surface area contributed by atoms with Gasteiger partial charge in [-0.2, -0.15) is 10.4 Å². The molecular formula is C17H14FN3O2S. The fourth-order valence-corrected chi connectivity index (χ4v) is 3.37. The molecule has 3 rings (SSSR count). The quantitative estimate of drug-likeness (QED) is 0.678. The van der Waals surface area contributed by atoms with E-state index in [4.69, 9.17) is 10.00 Å². The molecule has 0 unspecified atom stereocenters. The number of nitrogens with zero attached hydrogens (tertiary/aromatic N) is 3. The van der Waals surface area contributed by atoms with E-state index in [1.165, 1.54) is 30.4 Å². The summed E-state index contributed by atoms with van der Waals surface area (Å²) in [4.78, 5) is 13.3. The summed E-state index contributed by atoms with van der Waals surface area (Å²) in [6, 6.07) is 9.82. The number of benzene rings is 1. The molecule has 0 fully saturated rings. The van der Waals surface area contributed by atoms with Crippen molar-refractivity contribution in [1.82, 2.24) is 9.78 Å². The molecular weight excluding hydrogens is 329 g/mol. The maximum atomic E-state index is 13.0. The van der Waals surface area contributed by atoms with Crippen LogP contribution in [0.3, 0.4) is 0 Å². The van der Waals surface area contributed by atoms with Crippen LogP contribution in [0.5, 0.6) is 0 Å². The van der Waals surface area contributed by atoms with Gasteiger partial charge in [0.05, 0.1) is 12.2 Å². The van der Waals surface area contributed by atoms with Crippen molar-refractivity contribution < 1.29 is 13.9 Å². The zero-order chi connectivity index (χ0) is 17.3. The van der Waals surface area contributed by atoms with Crippen LogP contribution in [0.15, 0.2) is 30.3 Å². The number of thiophene rings is 1. The van der Waals surface area contributed by atoms with Gasteiger partial charge in [-0.25, -0.2) is 9.18 Å². The van der Waals surface area contributed by atoms with Crippen molar-refractivity contribution in [2.24, 2.45) is 0 Å². The standard InChI is InChI=1S/C17H14FN3O2S/c1-10(8-19)23-17(22)15-7-14-11(2)20-21(16(14)24-15)9-12-3-5-13(18)6-4-12/h3-7,10H,9H2,1-2H3/t10-/m1/s1. The maximum Gasteiger partial charge on any atom is 0.349 e. The summed E-state index contributed by atoms with van der Waals surface area (Å²) in [5.74, 6) is -0.800. The first-order valence-electron chi connectivity index (χ1n) is 7.30. The topological polar surface area (TPSA) is 67.9 Å². The van der Waals surface area contributed by atoms with Gasteiger partial charge in [-0.15, -0.1) is 11.3 Å². The summed E-state index contributed by atoms with van der Waals surface area (Å²) in [7, 11) is 0. The number of rotatable bonds is 4. The number of nitriles is 1. The summed E-state index contributed by atoms with van der Waals surface area (Å²) in [5.41, 5.74) is 1.71. The van der Waals surface area contributed by atoms with E-state index in [1.54, 1.807) is 22.9 Å². The first-order valence-corrected chi connectivity index (χ1v) is 8.11. The zero-order valence-corrected chi connectivity index (χ0v) is 13.9. The second-order valence-electron chi connectivity index (χ2n) is 5.38. The fourth-order valence-electron chi connectivity index (χ4n) is 2.33. The average molecular weight is 343 g/mol. The normalized spacial score (nSPS) is 12.1. The number of carbonyl (C=O) groups is 1. The number of aryl methyl sites for hydroxylation is 1. The number of esters is 1. The van der Waals surface area contributed by atoms with E-state index in [-0.39, 0.29) is 5.82 Å². The number of aromatic nitrogens is 2. The molecule has 24 heavy (non-hydrogen) atoms. The lowest BCUT2D eigenvalue weighted by Gasteiger charge is -2.04. The monoisotopic (exact) mass is 343 g/mol. The third-order valence-corrected chi connectivity index (χ3v) is 4.65. The third kappa shape index (κ3) is 3.14. The average Bonchev–Trinajstić information content (AvgIpc) is 3.11. The molecule has 7 heteroatoms. The molecule has 0 aliphatic carbocycles. The number of fused-ring (bicyclic) bond motifs is 1. The van der Waals surface area contributed by atoms with E-state index < -0.39 is 12.1 Å². The van der Waals surface area contributed by atoms with Gasteiger partial charge < -0.3 is 4.74 Å². The van der Waals surface area contributed by atoms with Crippen molar-refractivity contribution in [3.05, 3.63) is 52.3 Å². The Hall–Kier alpha value is -2.72. The van der Waals surface area contributed by atoms with Gasteiger partial charge in [0.25, 0.3) is 0 Å². The summed E-state index contributed by atoms with van der Waals surface area (Å²) in [6.07, 6.45) is -0.792. The molecule has 0 aliphatic rings. The van der Waals surface area contributed by atoms with Crippen molar-refractivity contribution in [2.45, 2.75) is 26.5 Å². The molecule has 0 saturated carbocycles. The highest BCUT2D eigenvalue weighted by Gasteiger charge is 2.19. The van der Waals surface area contributed by atoms with Crippen molar-refractivity contribution in [1.29, 1.82) is 5.26 Å². The minimum Gasteiger partial charge on any atom is -0.443 e. The van der Waals surface area contributed by atoms with Crippen LogP contribution in [0, 0.1) is 24.1 Å². The zero-order valence-electron chi connectivity index (χ0n) is 13.1. The molecule has 0 radical (unpaired) electrons. The van der Waals surface area contributed by atoms with E-state index in [2.05, 4.69) is 5.10 Å². The minimum absolute atomic E-state index is 0.284. The van der Waals surface area contributed by atoms with Gasteiger partial charge in [0, 0.05) is 5.39 Å². The molecule has 0 saturated heterocycles. The molecule has 5 nitrogen and oxygen atoms in total. The number of ether oxygens (including phenoxy) is 1. The van der Waals surface area contributed by atoms with Crippen LogP contribution in [0.4, 0.5) is 4.39 Å². The molecule has 0 bridgehead atoms. The maximum absolute atomic E-state index is 13.0. The third-order valence-electron chi connectivity index (χ3n) is 3.52. The number of hydrogen-bond donors (Lipinski definition) is 0. The molecule has 2 heterocycles. The Morgan fingerprint density at radius 1 is 1.46 bits per heavy atom. The summed E-state index contributed by atoms with van der Waals surface area (Å²) in [5, 5.41) is 14.1. The molecule has 2 aromatic heterocycles. The van der Waals surface area contributed by atoms with Crippen LogP contribution in [0.2, 0.25) is 0 Å². The Labute approximate surface area is 141 Å². The highest BCUT2D eigenvalue weighted by Crippen LogP contribution is 2.29. The van der Waals surface area contributed by atoms with Gasteiger partial charge in [-0.05, 0) is 37.6 Å². The molecule has 0 aliphatic heterocycles. The molecule has 1 atom stereocenters. The minimum atomic E-state index is -0.792. The van der Waals surface area contributed by atoms with Crippen LogP contribution in [0.25, 0.3) is 10.2 Å². The number of carbonyl (C=O) groups excluding carboxylic acids is 1. The van der Waals surface area contributed by atoms with Crippen LogP contribution < -0.4 is 0 Å². The Kier molecular flexibility index (Phi) is 4.32. The fraction of sp³-hybridized carbons (Fsp3) is 0.235. The van der Waals surface area contributed by atoms with Gasteiger partial charge in [0.1, 0.15) is 21.6 Å². The van der Waals surface area contributed by atoms with Crippen LogP contribution >= 0.6 is 11.3 Å². The highest BCUT2D eigenvalue weighted by molar-refractivity contribution is 7.20. The van der Waals surface area contributed by atoms with Crippen LogP contribution in [0.1, 0.15) is 27.9 Å². The summed E-state index contributed by atoms with van der Waals surface area (Å²) < 4.78 is 19.8. The second-order valence-corrected chi connectivity index (χ2v) is 6.41. The van der Waals surface area contributed by atoms with Gasteiger partial charge >= 0.3 is 5.97 Å². The number of halogens is 1. The largest absolute Gasteiger partial charge is 0.443 e. The summed E-state index contributed by atoms with van der Waals surface area (Å²) in [6.45, 7) is 3.87. The van der Waals surface area contributed by atoms with Crippen molar-refractivity contribution in [2.75, 3.05) is 0 Å². The smallest absolute Gasteiger partial charge is 0.349 e. The number of hydrogen-bond acceptors (Lipinski definition) is 5. The Morgan fingerprint density at radius 3 is 2.83 bits per heavy atom. The second kappa shape index (κ2) is 6.42.